The van der Waals surface area contributed by atoms with Gasteiger partial charge in [0.15, 0.2) is 11.6 Å². The molecule has 1 heterocycles. The van der Waals surface area contributed by atoms with Crippen LogP contribution in [0, 0.1) is 11.6 Å². The van der Waals surface area contributed by atoms with E-state index in [1.54, 1.807) is 0 Å². The van der Waals surface area contributed by atoms with E-state index in [9.17, 15) is 13.6 Å². The highest BCUT2D eigenvalue weighted by molar-refractivity contribution is 5.77. The molecule has 0 radical (unpaired) electrons. The minimum atomic E-state index is -0.934. The molecule has 4 heteroatoms. The van der Waals surface area contributed by atoms with Gasteiger partial charge in [0.1, 0.15) is 6.29 Å². The van der Waals surface area contributed by atoms with Crippen molar-refractivity contribution in [2.45, 2.75) is 0 Å². The summed E-state index contributed by atoms with van der Waals surface area (Å²) in [5, 5.41) is 0. The van der Waals surface area contributed by atoms with Crippen molar-refractivity contribution in [3.05, 3.63) is 53.7 Å². The molecule has 0 atom stereocenters. The molecule has 0 unspecified atom stereocenters. The number of rotatable bonds is 2. The molecule has 0 fully saturated rings. The van der Waals surface area contributed by atoms with Gasteiger partial charge < -0.3 is 0 Å². The van der Waals surface area contributed by atoms with E-state index >= 15 is 0 Å². The molecule has 0 aliphatic carbocycles. The monoisotopic (exact) mass is 219 g/mol. The van der Waals surface area contributed by atoms with Gasteiger partial charge in [-0.15, -0.1) is 0 Å². The Morgan fingerprint density at radius 3 is 2.56 bits per heavy atom. The van der Waals surface area contributed by atoms with E-state index in [1.165, 1.54) is 24.4 Å². The molecule has 80 valence electrons. The fourth-order valence-electron chi connectivity index (χ4n) is 1.33. The van der Waals surface area contributed by atoms with E-state index in [4.69, 9.17) is 0 Å². The summed E-state index contributed by atoms with van der Waals surface area (Å²) in [4.78, 5) is 14.5. The summed E-state index contributed by atoms with van der Waals surface area (Å²) < 4.78 is 25.7. The van der Waals surface area contributed by atoms with Crippen molar-refractivity contribution in [3.63, 3.8) is 0 Å². The van der Waals surface area contributed by atoms with Gasteiger partial charge in [-0.25, -0.2) is 8.78 Å². The number of carbonyl (C=O) groups is 1. The first kappa shape index (κ1) is 10.4. The zero-order valence-corrected chi connectivity index (χ0v) is 8.15. The van der Waals surface area contributed by atoms with Gasteiger partial charge in [0.25, 0.3) is 0 Å². The lowest BCUT2D eigenvalue weighted by molar-refractivity contribution is 0.112. The molecule has 0 saturated heterocycles. The standard InChI is InChI=1S/C12H7F2NO/c13-10-2-1-9(6-11(10)14)12-5-8(7-16)3-4-15-12/h1-7H. The Labute approximate surface area is 90.6 Å². The predicted molar refractivity (Wildman–Crippen MR) is 55.0 cm³/mol. The quantitative estimate of drug-likeness (QED) is 0.727. The molecule has 0 spiro atoms. The Balaban J connectivity index is 2.49. The largest absolute Gasteiger partial charge is 0.298 e. The Morgan fingerprint density at radius 1 is 1.06 bits per heavy atom. The van der Waals surface area contributed by atoms with Crippen LogP contribution in [0.25, 0.3) is 11.3 Å². The van der Waals surface area contributed by atoms with Crippen LogP contribution in [0.2, 0.25) is 0 Å². The van der Waals surface area contributed by atoms with Gasteiger partial charge in [-0.05, 0) is 30.3 Å². The number of hydrogen-bond donors (Lipinski definition) is 0. The van der Waals surface area contributed by atoms with Crippen LogP contribution in [0.1, 0.15) is 10.4 Å². The Bertz CT molecular complexity index is 540. The highest BCUT2D eigenvalue weighted by Gasteiger charge is 2.05. The summed E-state index contributed by atoms with van der Waals surface area (Å²) >= 11 is 0. The molecule has 0 N–H and O–H groups in total. The molecule has 2 rings (SSSR count). The molecule has 2 nitrogen and oxygen atoms in total. The van der Waals surface area contributed by atoms with Crippen molar-refractivity contribution in [2.75, 3.05) is 0 Å². The zero-order valence-electron chi connectivity index (χ0n) is 8.15. The van der Waals surface area contributed by atoms with Crippen LogP contribution in [0.5, 0.6) is 0 Å². The fourth-order valence-corrected chi connectivity index (χ4v) is 1.33. The van der Waals surface area contributed by atoms with Crippen molar-refractivity contribution in [1.82, 2.24) is 4.98 Å². The first-order chi connectivity index (χ1) is 7.70. The highest BCUT2D eigenvalue weighted by atomic mass is 19.2. The van der Waals surface area contributed by atoms with Gasteiger partial charge >= 0.3 is 0 Å². The van der Waals surface area contributed by atoms with E-state index in [0.29, 0.717) is 23.1 Å². The number of nitrogens with zero attached hydrogens (tertiary/aromatic N) is 1. The van der Waals surface area contributed by atoms with Crippen molar-refractivity contribution in [1.29, 1.82) is 0 Å². The minimum absolute atomic E-state index is 0.433. The van der Waals surface area contributed by atoms with E-state index in [-0.39, 0.29) is 0 Å². The maximum Gasteiger partial charge on any atom is 0.159 e. The summed E-state index contributed by atoms with van der Waals surface area (Å²) in [6.07, 6.45) is 2.12. The molecule has 0 aliphatic rings. The number of aromatic nitrogens is 1. The average Bonchev–Trinajstić information content (AvgIpc) is 2.33. The molecule has 0 amide bonds. The average molecular weight is 219 g/mol. The van der Waals surface area contributed by atoms with Crippen molar-refractivity contribution in [3.8, 4) is 11.3 Å². The van der Waals surface area contributed by atoms with Gasteiger partial charge in [0.05, 0.1) is 5.69 Å². The maximum absolute atomic E-state index is 13.0. The molecular weight excluding hydrogens is 212 g/mol. The number of pyridine rings is 1. The maximum atomic E-state index is 13.0. The third kappa shape index (κ3) is 1.95. The first-order valence-electron chi connectivity index (χ1n) is 4.57. The predicted octanol–water partition coefficient (Wildman–Crippen LogP) is 2.84. The Morgan fingerprint density at radius 2 is 1.88 bits per heavy atom. The number of halogens is 2. The van der Waals surface area contributed by atoms with Crippen molar-refractivity contribution >= 4 is 6.29 Å². The number of hydrogen-bond acceptors (Lipinski definition) is 2. The van der Waals surface area contributed by atoms with Crippen molar-refractivity contribution in [2.24, 2.45) is 0 Å². The lowest BCUT2D eigenvalue weighted by Crippen LogP contribution is -1.89. The molecule has 1 aromatic carbocycles. The summed E-state index contributed by atoms with van der Waals surface area (Å²) in [6.45, 7) is 0. The summed E-state index contributed by atoms with van der Waals surface area (Å²) in [7, 11) is 0. The van der Waals surface area contributed by atoms with Crippen LogP contribution >= 0.6 is 0 Å². The molecule has 0 bridgehead atoms. The minimum Gasteiger partial charge on any atom is -0.298 e. The highest BCUT2D eigenvalue weighted by Crippen LogP contribution is 2.19. The molecule has 2 aromatic rings. The molecular formula is C12H7F2NO. The second-order valence-corrected chi connectivity index (χ2v) is 3.22. The van der Waals surface area contributed by atoms with E-state index in [0.717, 1.165) is 12.1 Å². The molecule has 0 aliphatic heterocycles. The second-order valence-electron chi connectivity index (χ2n) is 3.22. The van der Waals surface area contributed by atoms with Crippen molar-refractivity contribution < 1.29 is 13.6 Å². The van der Waals surface area contributed by atoms with Gasteiger partial charge in [0.2, 0.25) is 0 Å². The summed E-state index contributed by atoms with van der Waals surface area (Å²) in [5.74, 6) is -1.84. The van der Waals surface area contributed by atoms with Crippen LogP contribution in [-0.4, -0.2) is 11.3 Å². The van der Waals surface area contributed by atoms with Gasteiger partial charge in [-0.3, -0.25) is 9.78 Å². The zero-order chi connectivity index (χ0) is 11.5. The fraction of sp³-hybridized carbons (Fsp3) is 0. The van der Waals surface area contributed by atoms with Crippen LogP contribution in [0.4, 0.5) is 8.78 Å². The van der Waals surface area contributed by atoms with E-state index in [1.807, 2.05) is 0 Å². The number of carbonyl (C=O) groups excluding carboxylic acids is 1. The van der Waals surface area contributed by atoms with Gasteiger partial charge in [-0.1, -0.05) is 0 Å². The Kier molecular flexibility index (Phi) is 2.72. The van der Waals surface area contributed by atoms with Gasteiger partial charge in [-0.2, -0.15) is 0 Å². The second kappa shape index (κ2) is 4.18. The lowest BCUT2D eigenvalue weighted by Gasteiger charge is -2.01. The third-order valence-electron chi connectivity index (χ3n) is 2.14. The van der Waals surface area contributed by atoms with E-state index < -0.39 is 11.6 Å². The summed E-state index contributed by atoms with van der Waals surface area (Å²) in [6, 6.07) is 6.54. The lowest BCUT2D eigenvalue weighted by atomic mass is 10.1. The topological polar surface area (TPSA) is 30.0 Å². The molecule has 0 saturated carbocycles. The third-order valence-corrected chi connectivity index (χ3v) is 2.14. The SMILES string of the molecule is O=Cc1ccnc(-c2ccc(F)c(F)c2)c1. The summed E-state index contributed by atoms with van der Waals surface area (Å²) in [5.41, 5.74) is 1.31. The van der Waals surface area contributed by atoms with Crippen LogP contribution in [0.15, 0.2) is 36.5 Å². The number of benzene rings is 1. The normalized spacial score (nSPS) is 10.1. The smallest absolute Gasteiger partial charge is 0.159 e. The first-order valence-corrected chi connectivity index (χ1v) is 4.57. The number of aldehydes is 1. The van der Waals surface area contributed by atoms with E-state index in [2.05, 4.69) is 4.98 Å². The van der Waals surface area contributed by atoms with Gasteiger partial charge in [0, 0.05) is 17.3 Å². The van der Waals surface area contributed by atoms with Crippen LogP contribution in [0.3, 0.4) is 0 Å². The molecule has 1 aromatic heterocycles. The molecule has 16 heavy (non-hydrogen) atoms. The van der Waals surface area contributed by atoms with Crippen LogP contribution in [-0.2, 0) is 0 Å². The Hall–Kier alpha value is -2.10. The van der Waals surface area contributed by atoms with Crippen LogP contribution < -0.4 is 0 Å².